The Hall–Kier alpha value is -2.65. The van der Waals surface area contributed by atoms with Crippen LogP contribution in [0.2, 0.25) is 0 Å². The van der Waals surface area contributed by atoms with Gasteiger partial charge in [-0.3, -0.25) is 0 Å². The molecule has 2 aromatic rings. The summed E-state index contributed by atoms with van der Waals surface area (Å²) in [6.07, 6.45) is 8.75. The minimum Gasteiger partial charge on any atom is -0.466 e. The van der Waals surface area contributed by atoms with E-state index in [0.717, 1.165) is 24.8 Å². The molecule has 3 heteroatoms. The zero-order valence-electron chi connectivity index (χ0n) is 16.6. The highest BCUT2D eigenvalue weighted by Crippen LogP contribution is 2.37. The van der Waals surface area contributed by atoms with Gasteiger partial charge in [0.05, 0.1) is 13.2 Å². The van der Waals surface area contributed by atoms with Crippen molar-refractivity contribution in [1.29, 1.82) is 0 Å². The number of hydrogen-bond donors (Lipinski definition) is 0. The van der Waals surface area contributed by atoms with E-state index in [-0.39, 0.29) is 18.0 Å². The van der Waals surface area contributed by atoms with Crippen LogP contribution < -0.4 is 0 Å². The smallest absolute Gasteiger partial charge is 0.330 e. The normalized spacial score (nSPS) is 19.1. The molecule has 0 N–H and O–H groups in total. The molecular weight excluding hydrogens is 348 g/mol. The maximum absolute atomic E-state index is 11.7. The summed E-state index contributed by atoms with van der Waals surface area (Å²) in [7, 11) is 3.14. The quantitative estimate of drug-likeness (QED) is 0.368. The van der Waals surface area contributed by atoms with Crippen LogP contribution in [0.15, 0.2) is 84.5 Å². The number of carbonyl (C=O) groups is 1. The van der Waals surface area contributed by atoms with E-state index in [9.17, 15) is 4.79 Å². The fourth-order valence-electron chi connectivity index (χ4n) is 3.98. The lowest BCUT2D eigenvalue weighted by molar-refractivity contribution is -0.134. The second-order valence-corrected chi connectivity index (χ2v) is 7.14. The maximum Gasteiger partial charge on any atom is 0.330 e. The average Bonchev–Trinajstić information content (AvgIpc) is 2.77. The highest BCUT2D eigenvalue weighted by atomic mass is 16.5. The van der Waals surface area contributed by atoms with Crippen molar-refractivity contribution in [2.45, 2.75) is 37.2 Å². The molecule has 2 aromatic carbocycles. The lowest BCUT2D eigenvalue weighted by Crippen LogP contribution is -2.24. The van der Waals surface area contributed by atoms with Crippen LogP contribution in [-0.4, -0.2) is 26.3 Å². The zero-order valence-corrected chi connectivity index (χ0v) is 16.6. The van der Waals surface area contributed by atoms with Crippen molar-refractivity contribution in [3.8, 4) is 0 Å². The van der Waals surface area contributed by atoms with Crippen LogP contribution in [0.25, 0.3) is 0 Å². The Kier molecular flexibility index (Phi) is 7.21. The van der Waals surface area contributed by atoms with Crippen LogP contribution in [0.5, 0.6) is 0 Å². The van der Waals surface area contributed by atoms with E-state index in [4.69, 9.17) is 9.47 Å². The molecule has 0 saturated heterocycles. The summed E-state index contributed by atoms with van der Waals surface area (Å²) in [6.45, 7) is 0. The van der Waals surface area contributed by atoms with Crippen LogP contribution in [0.1, 0.15) is 42.2 Å². The highest BCUT2D eigenvalue weighted by molar-refractivity contribution is 5.82. The van der Waals surface area contributed by atoms with Gasteiger partial charge in [0.2, 0.25) is 0 Å². The molecule has 0 aliphatic heterocycles. The van der Waals surface area contributed by atoms with Gasteiger partial charge in [-0.2, -0.15) is 0 Å². The molecule has 3 atom stereocenters. The van der Waals surface area contributed by atoms with Gasteiger partial charge in [0, 0.05) is 19.1 Å². The van der Waals surface area contributed by atoms with E-state index in [2.05, 4.69) is 48.5 Å². The van der Waals surface area contributed by atoms with E-state index in [0.29, 0.717) is 5.92 Å². The van der Waals surface area contributed by atoms with Gasteiger partial charge >= 0.3 is 5.97 Å². The van der Waals surface area contributed by atoms with Gasteiger partial charge in [0.15, 0.2) is 0 Å². The monoisotopic (exact) mass is 376 g/mol. The van der Waals surface area contributed by atoms with E-state index in [1.807, 2.05) is 24.3 Å². The summed E-state index contributed by atoms with van der Waals surface area (Å²) >= 11 is 0. The number of methoxy groups -OCH3 is 2. The molecule has 0 heterocycles. The Labute approximate surface area is 167 Å². The van der Waals surface area contributed by atoms with Gasteiger partial charge in [-0.15, -0.1) is 0 Å². The minimum absolute atomic E-state index is 0.0372. The molecule has 146 valence electrons. The molecule has 0 radical (unpaired) electrons. The SMILES string of the molecule is COC(=O)/C=C/[C@@H](c1ccccc1)[C@@H](OC)C1=CC[C@@H](c2ccccc2)CC1. The molecule has 3 nitrogen and oxygen atoms in total. The minimum atomic E-state index is -0.349. The number of hydrogen-bond acceptors (Lipinski definition) is 3. The van der Waals surface area contributed by atoms with E-state index < -0.39 is 0 Å². The number of ether oxygens (including phenoxy) is 2. The lowest BCUT2D eigenvalue weighted by Gasteiger charge is -2.31. The number of rotatable bonds is 7. The van der Waals surface area contributed by atoms with Crippen LogP contribution in [0.3, 0.4) is 0 Å². The number of carbonyl (C=O) groups excluding carboxylic acids is 1. The summed E-state index contributed by atoms with van der Waals surface area (Å²) in [5.74, 6) is 0.172. The van der Waals surface area contributed by atoms with E-state index in [1.54, 1.807) is 7.11 Å². The van der Waals surface area contributed by atoms with Crippen molar-refractivity contribution in [2.75, 3.05) is 14.2 Å². The Bertz CT molecular complexity index is 808. The predicted molar refractivity (Wildman–Crippen MR) is 112 cm³/mol. The molecule has 1 aliphatic rings. The van der Waals surface area contributed by atoms with Gasteiger partial charge in [-0.05, 0) is 41.9 Å². The van der Waals surface area contributed by atoms with Crippen molar-refractivity contribution in [1.82, 2.24) is 0 Å². The third-order valence-corrected chi connectivity index (χ3v) is 5.49. The molecule has 0 aromatic heterocycles. The standard InChI is InChI=1S/C25H28O3/c1-27-24(26)18-17-23(21-11-7-4-8-12-21)25(28-2)22-15-13-20(14-16-22)19-9-5-3-6-10-19/h3-12,15,17-18,20,23,25H,13-14,16H2,1-2H3/b18-17+/t20-,23+,25+/m1/s1. The largest absolute Gasteiger partial charge is 0.466 e. The van der Waals surface area contributed by atoms with Crippen molar-refractivity contribution in [2.24, 2.45) is 0 Å². The van der Waals surface area contributed by atoms with Gasteiger partial charge in [0.1, 0.15) is 0 Å². The van der Waals surface area contributed by atoms with Crippen LogP contribution in [0, 0.1) is 0 Å². The molecule has 0 spiro atoms. The summed E-state index contributed by atoms with van der Waals surface area (Å²) in [6, 6.07) is 20.9. The first kappa shape index (κ1) is 20.1. The van der Waals surface area contributed by atoms with Crippen molar-refractivity contribution in [3.05, 3.63) is 95.6 Å². The predicted octanol–water partition coefficient (Wildman–Crippen LogP) is 5.41. The number of esters is 1. The molecular formula is C25H28O3. The zero-order chi connectivity index (χ0) is 19.8. The Morgan fingerprint density at radius 3 is 2.29 bits per heavy atom. The van der Waals surface area contributed by atoms with E-state index in [1.165, 1.54) is 24.3 Å². The summed E-state index contributed by atoms with van der Waals surface area (Å²) < 4.78 is 10.7. The first-order valence-electron chi connectivity index (χ1n) is 9.80. The average molecular weight is 376 g/mol. The van der Waals surface area contributed by atoms with Crippen LogP contribution >= 0.6 is 0 Å². The molecule has 0 amide bonds. The van der Waals surface area contributed by atoms with Gasteiger partial charge in [0.25, 0.3) is 0 Å². The fraction of sp³-hybridized carbons (Fsp3) is 0.320. The molecule has 3 rings (SSSR count). The van der Waals surface area contributed by atoms with Crippen molar-refractivity contribution >= 4 is 5.97 Å². The highest BCUT2D eigenvalue weighted by Gasteiger charge is 2.27. The van der Waals surface area contributed by atoms with Crippen molar-refractivity contribution < 1.29 is 14.3 Å². The third-order valence-electron chi connectivity index (χ3n) is 5.49. The molecule has 0 bridgehead atoms. The Balaban J connectivity index is 1.83. The fourth-order valence-corrected chi connectivity index (χ4v) is 3.98. The first-order chi connectivity index (χ1) is 13.7. The van der Waals surface area contributed by atoms with Crippen molar-refractivity contribution in [3.63, 3.8) is 0 Å². The van der Waals surface area contributed by atoms with E-state index >= 15 is 0 Å². The number of benzene rings is 2. The summed E-state index contributed by atoms with van der Waals surface area (Å²) in [5.41, 5.74) is 3.83. The second-order valence-electron chi connectivity index (χ2n) is 7.14. The van der Waals surface area contributed by atoms with Gasteiger partial charge in [-0.25, -0.2) is 4.79 Å². The summed E-state index contributed by atoms with van der Waals surface area (Å²) in [5, 5.41) is 0. The van der Waals surface area contributed by atoms with Gasteiger partial charge < -0.3 is 9.47 Å². The molecule has 0 unspecified atom stereocenters. The molecule has 0 saturated carbocycles. The lowest BCUT2D eigenvalue weighted by atomic mass is 9.79. The molecule has 28 heavy (non-hydrogen) atoms. The molecule has 0 fully saturated rings. The van der Waals surface area contributed by atoms with Crippen LogP contribution in [-0.2, 0) is 14.3 Å². The second kappa shape index (κ2) is 10.0. The maximum atomic E-state index is 11.7. The van der Waals surface area contributed by atoms with Gasteiger partial charge in [-0.1, -0.05) is 72.8 Å². The topological polar surface area (TPSA) is 35.5 Å². The third kappa shape index (κ3) is 4.99. The first-order valence-corrected chi connectivity index (χ1v) is 9.80. The Morgan fingerprint density at radius 1 is 1.04 bits per heavy atom. The summed E-state index contributed by atoms with van der Waals surface area (Å²) in [4.78, 5) is 11.7. The Morgan fingerprint density at radius 2 is 1.71 bits per heavy atom. The number of allylic oxidation sites excluding steroid dienone is 1. The molecule has 1 aliphatic carbocycles. The van der Waals surface area contributed by atoms with Crippen LogP contribution in [0.4, 0.5) is 0 Å².